The average Bonchev–Trinajstić information content (AvgIpc) is 2.67. The smallest absolute Gasteiger partial charge is 0.225 e. The van der Waals surface area contributed by atoms with E-state index in [1.54, 1.807) is 6.20 Å². The van der Waals surface area contributed by atoms with Crippen LogP contribution in [0.1, 0.15) is 12.1 Å². The lowest BCUT2D eigenvalue weighted by Gasteiger charge is -2.34. The number of carbonyl (C=O) groups is 1. The highest BCUT2D eigenvalue weighted by molar-refractivity contribution is 5.91. The van der Waals surface area contributed by atoms with E-state index in [4.69, 9.17) is 0 Å². The van der Waals surface area contributed by atoms with E-state index in [1.807, 2.05) is 30.3 Å². The number of aromatic nitrogens is 1. The average molecular weight is 353 g/mol. The zero-order valence-corrected chi connectivity index (χ0v) is 15.3. The molecule has 3 rings (SSSR count). The molecule has 2 aromatic rings. The molecule has 138 valence electrons. The van der Waals surface area contributed by atoms with E-state index in [-0.39, 0.29) is 5.91 Å². The van der Waals surface area contributed by atoms with Gasteiger partial charge in [-0.1, -0.05) is 6.07 Å². The molecule has 0 radical (unpaired) electrons. The molecule has 1 amide bonds. The Hall–Kier alpha value is -2.44. The predicted octanol–water partition coefficient (Wildman–Crippen LogP) is 1.95. The normalized spacial score (nSPS) is 15.0. The second-order valence-electron chi connectivity index (χ2n) is 6.63. The van der Waals surface area contributed by atoms with Crippen LogP contribution in [0.3, 0.4) is 0 Å². The van der Waals surface area contributed by atoms with E-state index < -0.39 is 0 Å². The third kappa shape index (κ3) is 5.54. The van der Waals surface area contributed by atoms with Crippen LogP contribution in [0.2, 0.25) is 0 Å². The molecule has 1 aliphatic rings. The van der Waals surface area contributed by atoms with Gasteiger partial charge in [-0.3, -0.25) is 9.78 Å². The number of amides is 1. The molecule has 1 aromatic heterocycles. The van der Waals surface area contributed by atoms with Gasteiger partial charge >= 0.3 is 0 Å². The Balaban J connectivity index is 1.38. The number of anilines is 2. The van der Waals surface area contributed by atoms with Gasteiger partial charge < -0.3 is 20.4 Å². The summed E-state index contributed by atoms with van der Waals surface area (Å²) in [7, 11) is 2.15. The summed E-state index contributed by atoms with van der Waals surface area (Å²) in [6, 6.07) is 13.9. The summed E-state index contributed by atoms with van der Waals surface area (Å²) in [5, 5.41) is 6.20. The second-order valence-corrected chi connectivity index (χ2v) is 6.63. The molecule has 0 aliphatic carbocycles. The highest BCUT2D eigenvalue weighted by Gasteiger charge is 2.14. The van der Waals surface area contributed by atoms with Crippen LogP contribution in [0.25, 0.3) is 0 Å². The largest absolute Gasteiger partial charge is 0.369 e. The van der Waals surface area contributed by atoms with E-state index in [2.05, 4.69) is 44.6 Å². The lowest BCUT2D eigenvalue weighted by molar-refractivity contribution is -0.116. The van der Waals surface area contributed by atoms with Crippen LogP contribution < -0.4 is 15.5 Å². The van der Waals surface area contributed by atoms with Crippen molar-refractivity contribution in [1.29, 1.82) is 0 Å². The Labute approximate surface area is 155 Å². The zero-order chi connectivity index (χ0) is 18.2. The molecular formula is C20H27N5O. The van der Waals surface area contributed by atoms with Gasteiger partial charge in [0, 0.05) is 63.3 Å². The number of piperazine rings is 1. The van der Waals surface area contributed by atoms with Gasteiger partial charge in [0.2, 0.25) is 5.91 Å². The summed E-state index contributed by atoms with van der Waals surface area (Å²) < 4.78 is 0. The molecule has 6 heteroatoms. The van der Waals surface area contributed by atoms with Gasteiger partial charge in [0.15, 0.2) is 0 Å². The topological polar surface area (TPSA) is 60.5 Å². The van der Waals surface area contributed by atoms with Gasteiger partial charge in [-0.2, -0.15) is 0 Å². The van der Waals surface area contributed by atoms with Gasteiger partial charge in [0.05, 0.1) is 5.69 Å². The lowest BCUT2D eigenvalue weighted by Crippen LogP contribution is -2.44. The summed E-state index contributed by atoms with van der Waals surface area (Å²) in [4.78, 5) is 21.0. The first-order valence-electron chi connectivity index (χ1n) is 9.15. The highest BCUT2D eigenvalue weighted by Crippen LogP contribution is 2.19. The third-order valence-electron chi connectivity index (χ3n) is 4.58. The minimum atomic E-state index is 0.0193. The summed E-state index contributed by atoms with van der Waals surface area (Å²) in [5.41, 5.74) is 3.04. The maximum Gasteiger partial charge on any atom is 0.225 e. The number of rotatable bonds is 7. The Morgan fingerprint density at radius 1 is 1.08 bits per heavy atom. The quantitative estimate of drug-likeness (QED) is 0.745. The minimum Gasteiger partial charge on any atom is -0.369 e. The van der Waals surface area contributed by atoms with Gasteiger partial charge in [-0.05, 0) is 43.4 Å². The number of nitrogens with zero attached hydrogens (tertiary/aromatic N) is 3. The van der Waals surface area contributed by atoms with Crippen LogP contribution in [-0.4, -0.2) is 55.6 Å². The van der Waals surface area contributed by atoms with Crippen molar-refractivity contribution < 1.29 is 4.79 Å². The van der Waals surface area contributed by atoms with Crippen LogP contribution in [-0.2, 0) is 11.3 Å². The molecule has 0 unspecified atom stereocenters. The van der Waals surface area contributed by atoms with Gasteiger partial charge in [0.25, 0.3) is 0 Å². The number of nitrogens with one attached hydrogen (secondary N) is 2. The molecule has 0 atom stereocenters. The number of carbonyl (C=O) groups excluding carboxylic acids is 1. The fourth-order valence-electron chi connectivity index (χ4n) is 2.96. The first-order valence-corrected chi connectivity index (χ1v) is 9.15. The molecule has 0 bridgehead atoms. The Morgan fingerprint density at radius 3 is 2.54 bits per heavy atom. The van der Waals surface area contributed by atoms with E-state index in [0.717, 1.165) is 37.6 Å². The molecule has 26 heavy (non-hydrogen) atoms. The Morgan fingerprint density at radius 2 is 1.85 bits per heavy atom. The molecule has 0 spiro atoms. The standard InChI is InChI=1S/C20H27N5O/c1-24-12-14-25(15-13-24)19-7-5-17(6-8-19)23-20(26)9-11-21-16-18-4-2-3-10-22-18/h2-8,10,21H,9,11-16H2,1H3,(H,23,26). The lowest BCUT2D eigenvalue weighted by atomic mass is 10.2. The van der Waals surface area contributed by atoms with Crippen molar-refractivity contribution in [2.45, 2.75) is 13.0 Å². The van der Waals surface area contributed by atoms with Crippen LogP contribution in [0.15, 0.2) is 48.7 Å². The van der Waals surface area contributed by atoms with Crippen molar-refractivity contribution >= 4 is 17.3 Å². The van der Waals surface area contributed by atoms with Crippen molar-refractivity contribution in [1.82, 2.24) is 15.2 Å². The first kappa shape index (κ1) is 18.4. The Bertz CT molecular complexity index is 681. The molecule has 2 heterocycles. The molecular weight excluding hydrogens is 326 g/mol. The molecule has 0 saturated carbocycles. The molecule has 6 nitrogen and oxygen atoms in total. The van der Waals surface area contributed by atoms with Crippen molar-refractivity contribution in [2.75, 3.05) is 50.0 Å². The zero-order valence-electron chi connectivity index (χ0n) is 15.3. The highest BCUT2D eigenvalue weighted by atomic mass is 16.1. The minimum absolute atomic E-state index is 0.0193. The molecule has 1 saturated heterocycles. The van der Waals surface area contributed by atoms with E-state index in [0.29, 0.717) is 19.5 Å². The molecule has 1 aromatic carbocycles. The van der Waals surface area contributed by atoms with Gasteiger partial charge in [-0.25, -0.2) is 0 Å². The van der Waals surface area contributed by atoms with Crippen LogP contribution in [0.4, 0.5) is 11.4 Å². The van der Waals surface area contributed by atoms with E-state index in [1.165, 1.54) is 5.69 Å². The Kier molecular flexibility index (Phi) is 6.57. The SMILES string of the molecule is CN1CCN(c2ccc(NC(=O)CCNCc3ccccn3)cc2)CC1. The van der Waals surface area contributed by atoms with E-state index in [9.17, 15) is 4.79 Å². The molecule has 1 aliphatic heterocycles. The van der Waals surface area contributed by atoms with Crippen molar-refractivity contribution in [2.24, 2.45) is 0 Å². The van der Waals surface area contributed by atoms with Crippen LogP contribution in [0.5, 0.6) is 0 Å². The monoisotopic (exact) mass is 353 g/mol. The number of pyridine rings is 1. The van der Waals surface area contributed by atoms with E-state index >= 15 is 0 Å². The maximum atomic E-state index is 12.1. The summed E-state index contributed by atoms with van der Waals surface area (Å²) >= 11 is 0. The van der Waals surface area contributed by atoms with Crippen molar-refractivity contribution in [3.05, 3.63) is 54.4 Å². The summed E-state index contributed by atoms with van der Waals surface area (Å²) in [6.07, 6.45) is 2.21. The predicted molar refractivity (Wildman–Crippen MR) is 105 cm³/mol. The number of benzene rings is 1. The second kappa shape index (κ2) is 9.31. The number of likely N-dealkylation sites (N-methyl/N-ethyl adjacent to an activating group) is 1. The summed E-state index contributed by atoms with van der Waals surface area (Å²) in [5.74, 6) is 0.0193. The molecule has 1 fully saturated rings. The van der Waals surface area contributed by atoms with Crippen LogP contribution >= 0.6 is 0 Å². The van der Waals surface area contributed by atoms with Crippen molar-refractivity contribution in [3.63, 3.8) is 0 Å². The van der Waals surface area contributed by atoms with Gasteiger partial charge in [0.1, 0.15) is 0 Å². The fraction of sp³-hybridized carbons (Fsp3) is 0.400. The van der Waals surface area contributed by atoms with Crippen LogP contribution in [0, 0.1) is 0 Å². The summed E-state index contributed by atoms with van der Waals surface area (Å²) in [6.45, 7) is 5.57. The number of hydrogen-bond donors (Lipinski definition) is 2. The molecule has 2 N–H and O–H groups in total. The first-order chi connectivity index (χ1) is 12.7. The maximum absolute atomic E-state index is 12.1. The number of hydrogen-bond acceptors (Lipinski definition) is 5. The third-order valence-corrected chi connectivity index (χ3v) is 4.58. The van der Waals surface area contributed by atoms with Gasteiger partial charge in [-0.15, -0.1) is 0 Å². The fourth-order valence-corrected chi connectivity index (χ4v) is 2.96. The van der Waals surface area contributed by atoms with Crippen molar-refractivity contribution in [3.8, 4) is 0 Å².